The highest BCUT2D eigenvalue weighted by Crippen LogP contribution is 2.51. The summed E-state index contributed by atoms with van der Waals surface area (Å²) >= 11 is 0. The first kappa shape index (κ1) is 19.6. The molecule has 1 saturated heterocycles. The second-order valence-corrected chi connectivity index (χ2v) is 10.7. The molecule has 4 aliphatic rings. The van der Waals surface area contributed by atoms with Crippen LogP contribution in [0.2, 0.25) is 0 Å². The van der Waals surface area contributed by atoms with Crippen molar-refractivity contribution in [2.45, 2.75) is 82.6 Å². The lowest BCUT2D eigenvalue weighted by atomic mass is 9.73. The zero-order chi connectivity index (χ0) is 19.8. The lowest BCUT2D eigenvalue weighted by Gasteiger charge is -2.41. The molecule has 2 bridgehead atoms. The molecule has 1 aromatic carbocycles. The standard InChI is InChI=1S/C26H38N2O.H2/c1-19(29)27-25-17-26(24-8-3-2-7-23(24)25)11-13-28(14-12-26)18-22-10-9-20-5-4-6-21(15-20)16-22;/h2-3,7-8,20-22,25H,4-6,9-18H2,1H3,(H,27,29);1H/t20-,21+,22+,25?;/m1./s1. The first-order valence-electron chi connectivity index (χ1n) is 12.2. The van der Waals surface area contributed by atoms with E-state index in [1.807, 2.05) is 0 Å². The van der Waals surface area contributed by atoms with E-state index >= 15 is 0 Å². The lowest BCUT2D eigenvalue weighted by Crippen LogP contribution is -2.44. The average molecular weight is 397 g/mol. The first-order valence-corrected chi connectivity index (χ1v) is 12.2. The summed E-state index contributed by atoms with van der Waals surface area (Å²) in [4.78, 5) is 14.5. The number of likely N-dealkylation sites (tertiary alicyclic amines) is 1. The molecule has 1 N–H and O–H groups in total. The van der Waals surface area contributed by atoms with Crippen molar-refractivity contribution in [3.63, 3.8) is 0 Å². The minimum atomic E-state index is 0. The molecule has 1 heterocycles. The van der Waals surface area contributed by atoms with Crippen molar-refractivity contribution in [1.82, 2.24) is 10.2 Å². The van der Waals surface area contributed by atoms with Crippen LogP contribution in [0, 0.1) is 17.8 Å². The molecular weight excluding hydrogens is 356 g/mol. The zero-order valence-electron chi connectivity index (χ0n) is 18.2. The fourth-order valence-corrected chi connectivity index (χ4v) is 7.38. The van der Waals surface area contributed by atoms with Gasteiger partial charge in [0.1, 0.15) is 0 Å². The van der Waals surface area contributed by atoms with Crippen LogP contribution >= 0.6 is 0 Å². The molecule has 1 amide bonds. The quantitative estimate of drug-likeness (QED) is 0.736. The van der Waals surface area contributed by atoms with Gasteiger partial charge in [0.15, 0.2) is 0 Å². The number of hydrogen-bond acceptors (Lipinski definition) is 2. The predicted octanol–water partition coefficient (Wildman–Crippen LogP) is 5.45. The smallest absolute Gasteiger partial charge is 0.217 e. The van der Waals surface area contributed by atoms with Gasteiger partial charge in [-0.05, 0) is 80.5 Å². The van der Waals surface area contributed by atoms with Crippen LogP contribution in [0.4, 0.5) is 0 Å². The highest BCUT2D eigenvalue weighted by Gasteiger charge is 2.45. The van der Waals surface area contributed by atoms with Crippen molar-refractivity contribution >= 4 is 5.91 Å². The minimum Gasteiger partial charge on any atom is -0.349 e. The SMILES string of the molecule is CC(=O)NC1CC2(CCN(C[C@H]3CC[C@H]4CCC[C@@H](C4)C3)CC2)c2ccccc21.[HH]. The van der Waals surface area contributed by atoms with Crippen LogP contribution in [0.15, 0.2) is 24.3 Å². The van der Waals surface area contributed by atoms with Crippen molar-refractivity contribution in [2.24, 2.45) is 17.8 Å². The predicted molar refractivity (Wildman–Crippen MR) is 120 cm³/mol. The number of carbonyl (C=O) groups excluding carboxylic acids is 1. The Morgan fingerprint density at radius 2 is 1.90 bits per heavy atom. The lowest BCUT2D eigenvalue weighted by molar-refractivity contribution is -0.119. The molecule has 4 atom stereocenters. The Hall–Kier alpha value is -1.35. The molecule has 1 spiro atoms. The first-order chi connectivity index (χ1) is 14.1. The minimum absolute atomic E-state index is 0. The number of nitrogens with zero attached hydrogens (tertiary/aromatic N) is 1. The third-order valence-corrected chi connectivity index (χ3v) is 8.75. The molecule has 5 rings (SSSR count). The van der Waals surface area contributed by atoms with E-state index in [9.17, 15) is 4.79 Å². The van der Waals surface area contributed by atoms with E-state index in [2.05, 4.69) is 34.5 Å². The molecular formula is C26H40N2O. The molecule has 1 aromatic rings. The summed E-state index contributed by atoms with van der Waals surface area (Å²) in [5.74, 6) is 3.10. The summed E-state index contributed by atoms with van der Waals surface area (Å²) in [6.45, 7) is 5.44. The van der Waals surface area contributed by atoms with Gasteiger partial charge in [-0.25, -0.2) is 0 Å². The van der Waals surface area contributed by atoms with Gasteiger partial charge in [0.25, 0.3) is 0 Å². The van der Waals surface area contributed by atoms with E-state index in [1.54, 1.807) is 6.92 Å². The van der Waals surface area contributed by atoms with E-state index in [1.165, 1.54) is 88.5 Å². The number of amides is 1. The number of fused-ring (bicyclic) bond motifs is 4. The largest absolute Gasteiger partial charge is 0.349 e. The normalized spacial score (nSPS) is 33.8. The number of nitrogens with one attached hydrogen (secondary N) is 1. The van der Waals surface area contributed by atoms with Gasteiger partial charge < -0.3 is 10.2 Å². The zero-order valence-corrected chi connectivity index (χ0v) is 18.2. The molecule has 1 aliphatic heterocycles. The van der Waals surface area contributed by atoms with E-state index in [0.717, 1.165) is 24.2 Å². The van der Waals surface area contributed by atoms with Crippen LogP contribution in [0.25, 0.3) is 0 Å². The summed E-state index contributed by atoms with van der Waals surface area (Å²) in [5, 5.41) is 3.22. The van der Waals surface area contributed by atoms with Crippen LogP contribution in [0.1, 0.15) is 89.7 Å². The molecule has 0 radical (unpaired) electrons. The maximum atomic E-state index is 11.7. The Kier molecular flexibility index (Phi) is 5.45. The Morgan fingerprint density at radius 1 is 1.10 bits per heavy atom. The molecule has 3 aliphatic carbocycles. The van der Waals surface area contributed by atoms with Gasteiger partial charge in [-0.2, -0.15) is 0 Å². The van der Waals surface area contributed by atoms with E-state index in [-0.39, 0.29) is 18.8 Å². The number of benzene rings is 1. The van der Waals surface area contributed by atoms with Crippen LogP contribution in [-0.4, -0.2) is 30.4 Å². The maximum Gasteiger partial charge on any atom is 0.217 e. The fraction of sp³-hybridized carbons (Fsp3) is 0.731. The monoisotopic (exact) mass is 396 g/mol. The van der Waals surface area contributed by atoms with Crippen LogP contribution in [-0.2, 0) is 10.2 Å². The van der Waals surface area contributed by atoms with Crippen LogP contribution in [0.3, 0.4) is 0 Å². The maximum absolute atomic E-state index is 11.7. The van der Waals surface area contributed by atoms with Crippen molar-refractivity contribution in [3.05, 3.63) is 35.4 Å². The summed E-state index contributed by atoms with van der Waals surface area (Å²) < 4.78 is 0. The van der Waals surface area contributed by atoms with Gasteiger partial charge in [0.2, 0.25) is 5.91 Å². The second kappa shape index (κ2) is 8.06. The van der Waals surface area contributed by atoms with Gasteiger partial charge >= 0.3 is 0 Å². The molecule has 160 valence electrons. The third kappa shape index (κ3) is 4.00. The van der Waals surface area contributed by atoms with Crippen molar-refractivity contribution < 1.29 is 6.22 Å². The Bertz CT molecular complexity index is 742. The molecule has 3 nitrogen and oxygen atoms in total. The summed E-state index contributed by atoms with van der Waals surface area (Å²) in [6, 6.07) is 9.09. The topological polar surface area (TPSA) is 32.3 Å². The number of hydrogen-bond donors (Lipinski definition) is 1. The molecule has 1 unspecified atom stereocenters. The fourth-order valence-electron chi connectivity index (χ4n) is 7.38. The molecule has 3 fully saturated rings. The third-order valence-electron chi connectivity index (χ3n) is 8.75. The summed E-state index contributed by atoms with van der Waals surface area (Å²) in [6.07, 6.45) is 14.1. The molecule has 2 saturated carbocycles. The Balaban J connectivity index is 0.00000218. The Labute approximate surface area is 178 Å². The van der Waals surface area contributed by atoms with Gasteiger partial charge in [-0.15, -0.1) is 0 Å². The van der Waals surface area contributed by atoms with Crippen molar-refractivity contribution in [1.29, 1.82) is 0 Å². The van der Waals surface area contributed by atoms with Gasteiger partial charge in [-0.1, -0.05) is 49.9 Å². The average Bonchev–Trinajstić information content (AvgIpc) is 2.93. The number of rotatable bonds is 3. The van der Waals surface area contributed by atoms with E-state index in [0.29, 0.717) is 0 Å². The second-order valence-electron chi connectivity index (χ2n) is 10.7. The van der Waals surface area contributed by atoms with Crippen LogP contribution in [0.5, 0.6) is 0 Å². The Morgan fingerprint density at radius 3 is 2.72 bits per heavy atom. The summed E-state index contributed by atoms with van der Waals surface area (Å²) in [5.41, 5.74) is 3.16. The number of piperidine rings is 1. The van der Waals surface area contributed by atoms with E-state index in [4.69, 9.17) is 0 Å². The highest BCUT2D eigenvalue weighted by atomic mass is 16.1. The van der Waals surface area contributed by atoms with E-state index < -0.39 is 0 Å². The van der Waals surface area contributed by atoms with Crippen molar-refractivity contribution in [2.75, 3.05) is 19.6 Å². The van der Waals surface area contributed by atoms with Gasteiger partial charge in [0.05, 0.1) is 6.04 Å². The van der Waals surface area contributed by atoms with Crippen molar-refractivity contribution in [3.8, 4) is 0 Å². The number of carbonyl (C=O) groups is 1. The molecule has 29 heavy (non-hydrogen) atoms. The summed E-state index contributed by atoms with van der Waals surface area (Å²) in [7, 11) is 0. The molecule has 3 heteroatoms. The van der Waals surface area contributed by atoms with Crippen LogP contribution < -0.4 is 5.32 Å². The van der Waals surface area contributed by atoms with Gasteiger partial charge in [0, 0.05) is 20.3 Å². The highest BCUT2D eigenvalue weighted by molar-refractivity contribution is 5.73. The molecule has 0 aromatic heterocycles. The van der Waals surface area contributed by atoms with Gasteiger partial charge in [-0.3, -0.25) is 4.79 Å².